The lowest BCUT2D eigenvalue weighted by molar-refractivity contribution is 0.131. The van der Waals surface area contributed by atoms with Crippen molar-refractivity contribution in [2.24, 2.45) is 5.73 Å². The van der Waals surface area contributed by atoms with Crippen LogP contribution in [0.5, 0.6) is 0 Å². The molecule has 0 saturated carbocycles. The predicted molar refractivity (Wildman–Crippen MR) is 65.1 cm³/mol. The lowest BCUT2D eigenvalue weighted by atomic mass is 10.0. The van der Waals surface area contributed by atoms with Crippen molar-refractivity contribution in [1.82, 2.24) is 4.90 Å². The van der Waals surface area contributed by atoms with E-state index in [1.54, 1.807) is 0 Å². The van der Waals surface area contributed by atoms with Gasteiger partial charge in [-0.2, -0.15) is 0 Å². The molecule has 1 unspecified atom stereocenters. The molecule has 0 aromatic heterocycles. The van der Waals surface area contributed by atoms with Crippen LogP contribution >= 0.6 is 0 Å². The van der Waals surface area contributed by atoms with Crippen molar-refractivity contribution in [3.63, 3.8) is 0 Å². The van der Waals surface area contributed by atoms with Crippen molar-refractivity contribution in [2.45, 2.75) is 12.5 Å². The van der Waals surface area contributed by atoms with Crippen LogP contribution in [0.15, 0.2) is 12.1 Å². The maximum atomic E-state index is 13.8. The minimum atomic E-state index is -1.18. The molecule has 3 nitrogen and oxygen atoms in total. The summed E-state index contributed by atoms with van der Waals surface area (Å²) in [4.78, 5) is 1.95. The zero-order chi connectivity index (χ0) is 13.8. The highest BCUT2D eigenvalue weighted by molar-refractivity contribution is 5.24. The molecule has 1 aromatic carbocycles. The Hall–Kier alpha value is -1.11. The minimum absolute atomic E-state index is 0.100. The molecule has 1 atom stereocenters. The number of halogens is 3. The van der Waals surface area contributed by atoms with Crippen LogP contribution in [0, 0.1) is 17.5 Å². The Morgan fingerprint density at radius 2 is 1.84 bits per heavy atom. The van der Waals surface area contributed by atoms with E-state index in [1.165, 1.54) is 0 Å². The van der Waals surface area contributed by atoms with Gasteiger partial charge in [0, 0.05) is 37.9 Å². The van der Waals surface area contributed by atoms with Gasteiger partial charge in [0.25, 0.3) is 0 Å². The van der Waals surface area contributed by atoms with Crippen LogP contribution in [0.1, 0.15) is 18.0 Å². The molecule has 2 rings (SSSR count). The van der Waals surface area contributed by atoms with Crippen molar-refractivity contribution in [2.75, 3.05) is 32.8 Å². The number of benzene rings is 1. The van der Waals surface area contributed by atoms with Crippen LogP contribution in [0.3, 0.4) is 0 Å². The van der Waals surface area contributed by atoms with E-state index in [2.05, 4.69) is 0 Å². The van der Waals surface area contributed by atoms with E-state index in [4.69, 9.17) is 10.5 Å². The molecule has 106 valence electrons. The Morgan fingerprint density at radius 1 is 1.11 bits per heavy atom. The van der Waals surface area contributed by atoms with Gasteiger partial charge >= 0.3 is 0 Å². The van der Waals surface area contributed by atoms with Gasteiger partial charge in [-0.1, -0.05) is 0 Å². The molecule has 1 aliphatic heterocycles. The third-order valence-electron chi connectivity index (χ3n) is 3.32. The van der Waals surface area contributed by atoms with Gasteiger partial charge in [-0.3, -0.25) is 4.90 Å². The Labute approximate surface area is 110 Å². The molecule has 1 saturated heterocycles. The van der Waals surface area contributed by atoms with Crippen LogP contribution in [0.4, 0.5) is 13.2 Å². The van der Waals surface area contributed by atoms with Gasteiger partial charge in [-0.15, -0.1) is 0 Å². The maximum absolute atomic E-state index is 13.8. The largest absolute Gasteiger partial charge is 0.380 e. The van der Waals surface area contributed by atoms with Crippen molar-refractivity contribution < 1.29 is 17.9 Å². The third kappa shape index (κ3) is 3.26. The Morgan fingerprint density at radius 3 is 2.58 bits per heavy atom. The van der Waals surface area contributed by atoms with E-state index in [9.17, 15) is 13.2 Å². The fraction of sp³-hybridized carbons (Fsp3) is 0.538. The zero-order valence-corrected chi connectivity index (χ0v) is 10.5. The van der Waals surface area contributed by atoms with E-state index in [0.29, 0.717) is 32.4 Å². The molecule has 1 aliphatic rings. The van der Waals surface area contributed by atoms with E-state index in [0.717, 1.165) is 12.5 Å². The summed E-state index contributed by atoms with van der Waals surface area (Å²) < 4.78 is 45.4. The predicted octanol–water partition coefficient (Wildman–Crippen LogP) is 1.83. The number of hydrogen-bond acceptors (Lipinski definition) is 3. The molecule has 0 spiro atoms. The fourth-order valence-electron chi connectivity index (χ4n) is 2.34. The van der Waals surface area contributed by atoms with E-state index in [1.807, 2.05) is 4.90 Å². The average Bonchev–Trinajstić information content (AvgIpc) is 2.65. The zero-order valence-electron chi connectivity index (χ0n) is 10.5. The first-order valence-electron chi connectivity index (χ1n) is 6.29. The molecule has 6 heteroatoms. The number of nitrogens with two attached hydrogens (primary N) is 1. The minimum Gasteiger partial charge on any atom is -0.380 e. The summed E-state index contributed by atoms with van der Waals surface area (Å²) in [5.74, 6) is -3.00. The highest BCUT2D eigenvalue weighted by Crippen LogP contribution is 2.25. The molecule has 1 heterocycles. The van der Waals surface area contributed by atoms with Crippen LogP contribution in [-0.2, 0) is 4.74 Å². The SMILES string of the molecule is NCC(c1cc(F)c(F)cc1F)N1CCCOCC1. The molecule has 1 aromatic rings. The molecule has 1 fully saturated rings. The van der Waals surface area contributed by atoms with Gasteiger partial charge in [0.1, 0.15) is 5.82 Å². The van der Waals surface area contributed by atoms with E-state index < -0.39 is 23.5 Å². The van der Waals surface area contributed by atoms with Gasteiger partial charge in [-0.25, -0.2) is 13.2 Å². The summed E-state index contributed by atoms with van der Waals surface area (Å²) in [5, 5.41) is 0. The Bertz CT molecular complexity index is 434. The molecule has 19 heavy (non-hydrogen) atoms. The average molecular weight is 274 g/mol. The normalized spacial score (nSPS) is 19.2. The molecule has 0 radical (unpaired) electrons. The third-order valence-corrected chi connectivity index (χ3v) is 3.32. The maximum Gasteiger partial charge on any atom is 0.161 e. The summed E-state index contributed by atoms with van der Waals surface area (Å²) in [6, 6.07) is 1.01. The molecule has 0 bridgehead atoms. The van der Waals surface area contributed by atoms with Crippen LogP contribution in [0.2, 0.25) is 0 Å². The first kappa shape index (κ1) is 14.3. The lowest BCUT2D eigenvalue weighted by Gasteiger charge is -2.29. The number of ether oxygens (including phenoxy) is 1. The molecule has 2 N–H and O–H groups in total. The fourth-order valence-corrected chi connectivity index (χ4v) is 2.34. The first-order valence-corrected chi connectivity index (χ1v) is 6.29. The Balaban J connectivity index is 2.27. The smallest absolute Gasteiger partial charge is 0.161 e. The van der Waals surface area contributed by atoms with Crippen LogP contribution in [0.25, 0.3) is 0 Å². The first-order chi connectivity index (χ1) is 9.13. The standard InChI is InChI=1S/C13H17F3N2O/c14-10-7-12(16)11(15)6-9(10)13(8-17)18-2-1-4-19-5-3-18/h6-7,13H,1-5,8,17H2. The second-order valence-electron chi connectivity index (χ2n) is 4.54. The monoisotopic (exact) mass is 274 g/mol. The van der Waals surface area contributed by atoms with Crippen molar-refractivity contribution in [3.05, 3.63) is 35.1 Å². The van der Waals surface area contributed by atoms with E-state index in [-0.39, 0.29) is 12.1 Å². The number of nitrogens with zero attached hydrogens (tertiary/aromatic N) is 1. The summed E-state index contributed by atoms with van der Waals surface area (Å²) in [6.07, 6.45) is 0.807. The quantitative estimate of drug-likeness (QED) is 0.855. The Kier molecular flexibility index (Phi) is 4.79. The van der Waals surface area contributed by atoms with Gasteiger partial charge in [-0.05, 0) is 12.5 Å². The summed E-state index contributed by atoms with van der Waals surface area (Å²) in [6.45, 7) is 2.61. The van der Waals surface area contributed by atoms with Gasteiger partial charge in [0.05, 0.1) is 12.6 Å². The summed E-state index contributed by atoms with van der Waals surface area (Å²) >= 11 is 0. The second kappa shape index (κ2) is 6.36. The van der Waals surface area contributed by atoms with Gasteiger partial charge < -0.3 is 10.5 Å². The summed E-state index contributed by atoms with van der Waals surface area (Å²) in [7, 11) is 0. The van der Waals surface area contributed by atoms with Crippen molar-refractivity contribution in [3.8, 4) is 0 Å². The molecular formula is C13H17F3N2O. The van der Waals surface area contributed by atoms with Crippen LogP contribution < -0.4 is 5.73 Å². The van der Waals surface area contributed by atoms with Crippen LogP contribution in [-0.4, -0.2) is 37.7 Å². The number of rotatable bonds is 3. The molecule has 0 aliphatic carbocycles. The van der Waals surface area contributed by atoms with Gasteiger partial charge in [0.2, 0.25) is 0 Å². The van der Waals surface area contributed by atoms with E-state index >= 15 is 0 Å². The molecular weight excluding hydrogens is 257 g/mol. The highest BCUT2D eigenvalue weighted by atomic mass is 19.2. The molecule has 0 amide bonds. The van der Waals surface area contributed by atoms with Gasteiger partial charge in [0.15, 0.2) is 11.6 Å². The highest BCUT2D eigenvalue weighted by Gasteiger charge is 2.24. The summed E-state index contributed by atoms with van der Waals surface area (Å²) in [5.41, 5.74) is 5.78. The number of hydrogen-bond donors (Lipinski definition) is 1. The van der Waals surface area contributed by atoms with Crippen molar-refractivity contribution >= 4 is 0 Å². The van der Waals surface area contributed by atoms with Crippen molar-refractivity contribution in [1.29, 1.82) is 0 Å². The lowest BCUT2D eigenvalue weighted by Crippen LogP contribution is -2.36. The second-order valence-corrected chi connectivity index (χ2v) is 4.54. The topological polar surface area (TPSA) is 38.5 Å².